The van der Waals surface area contributed by atoms with Crippen LogP contribution in [0.5, 0.6) is 0 Å². The molecular formula is C13H25NO3S. The lowest BCUT2D eigenvalue weighted by Crippen LogP contribution is -2.44. The van der Waals surface area contributed by atoms with E-state index in [1.165, 1.54) is 0 Å². The van der Waals surface area contributed by atoms with E-state index in [1.54, 1.807) is 0 Å². The molecule has 1 aliphatic rings. The van der Waals surface area contributed by atoms with Gasteiger partial charge in [-0.05, 0) is 44.9 Å². The summed E-state index contributed by atoms with van der Waals surface area (Å²) in [5.74, 6) is -0.986. The number of hydrogen-bond donors (Lipinski definition) is 3. The van der Waals surface area contributed by atoms with E-state index in [0.29, 0.717) is 37.5 Å². The normalized spacial score (nSPS) is 30.1. The van der Waals surface area contributed by atoms with Crippen molar-refractivity contribution in [3.05, 3.63) is 0 Å². The van der Waals surface area contributed by atoms with Crippen molar-refractivity contribution in [1.29, 1.82) is 0 Å². The van der Waals surface area contributed by atoms with Gasteiger partial charge in [0.1, 0.15) is 0 Å². The molecule has 1 atom stereocenters. The Balaban J connectivity index is 2.20. The van der Waals surface area contributed by atoms with Crippen molar-refractivity contribution in [2.45, 2.75) is 49.9 Å². The van der Waals surface area contributed by atoms with Crippen molar-refractivity contribution in [3.63, 3.8) is 0 Å². The van der Waals surface area contributed by atoms with Crippen molar-refractivity contribution < 1.29 is 15.0 Å². The van der Waals surface area contributed by atoms with Crippen molar-refractivity contribution >= 4 is 17.7 Å². The minimum absolute atomic E-state index is 0.262. The van der Waals surface area contributed by atoms with Crippen LogP contribution in [0.15, 0.2) is 0 Å². The number of hydrogen-bond acceptors (Lipinski definition) is 4. The molecule has 1 fully saturated rings. The Kier molecular flexibility index (Phi) is 6.46. The third-order valence-corrected chi connectivity index (χ3v) is 4.89. The standard InChI is InChI=1S/C13H25NO3S/c1-10(18-2)5-8-14-9-13(17)6-3-11(4-7-13)12(15)16/h10-11,14,17H,3-9H2,1-2H3,(H,15,16). The summed E-state index contributed by atoms with van der Waals surface area (Å²) in [5.41, 5.74) is -0.700. The van der Waals surface area contributed by atoms with E-state index in [-0.39, 0.29) is 5.92 Å². The first-order valence-corrected chi connectivity index (χ1v) is 7.94. The van der Waals surface area contributed by atoms with Crippen LogP contribution >= 0.6 is 11.8 Å². The number of carboxylic acids is 1. The summed E-state index contributed by atoms with van der Waals surface area (Å²) in [6.07, 6.45) is 5.56. The Morgan fingerprint density at radius 3 is 2.61 bits per heavy atom. The molecule has 0 spiro atoms. The average Bonchev–Trinajstić information content (AvgIpc) is 2.35. The summed E-state index contributed by atoms with van der Waals surface area (Å²) >= 11 is 1.85. The largest absolute Gasteiger partial charge is 0.481 e. The van der Waals surface area contributed by atoms with Crippen LogP contribution in [0.3, 0.4) is 0 Å². The monoisotopic (exact) mass is 275 g/mol. The van der Waals surface area contributed by atoms with Gasteiger partial charge in [-0.1, -0.05) is 6.92 Å². The van der Waals surface area contributed by atoms with E-state index in [1.807, 2.05) is 11.8 Å². The predicted octanol–water partition coefficient (Wildman–Crippen LogP) is 1.72. The maximum atomic E-state index is 10.8. The highest BCUT2D eigenvalue weighted by atomic mass is 32.2. The van der Waals surface area contributed by atoms with Crippen LogP contribution in [0, 0.1) is 5.92 Å². The van der Waals surface area contributed by atoms with Gasteiger partial charge in [0.2, 0.25) is 0 Å². The maximum absolute atomic E-state index is 10.8. The number of carbonyl (C=O) groups is 1. The maximum Gasteiger partial charge on any atom is 0.306 e. The van der Waals surface area contributed by atoms with E-state index in [9.17, 15) is 9.90 Å². The second kappa shape index (κ2) is 7.36. The zero-order valence-corrected chi connectivity index (χ0v) is 12.1. The number of thioether (sulfide) groups is 1. The number of carboxylic acid groups (broad SMARTS) is 1. The second-order valence-corrected chi connectivity index (χ2v) is 6.62. The molecule has 0 amide bonds. The van der Waals surface area contributed by atoms with Gasteiger partial charge in [0.15, 0.2) is 0 Å². The summed E-state index contributed by atoms with van der Waals surface area (Å²) in [6, 6.07) is 0. The van der Waals surface area contributed by atoms with Crippen LogP contribution in [0.25, 0.3) is 0 Å². The molecule has 0 aromatic carbocycles. The molecule has 5 heteroatoms. The van der Waals surface area contributed by atoms with E-state index in [4.69, 9.17) is 5.11 Å². The zero-order valence-electron chi connectivity index (χ0n) is 11.3. The number of nitrogens with one attached hydrogen (secondary N) is 1. The van der Waals surface area contributed by atoms with Crippen LogP contribution in [0.2, 0.25) is 0 Å². The van der Waals surface area contributed by atoms with Gasteiger partial charge in [0.05, 0.1) is 11.5 Å². The highest BCUT2D eigenvalue weighted by Crippen LogP contribution is 2.31. The summed E-state index contributed by atoms with van der Waals surface area (Å²) in [7, 11) is 0. The van der Waals surface area contributed by atoms with Crippen LogP contribution in [-0.4, -0.2) is 46.4 Å². The predicted molar refractivity (Wildman–Crippen MR) is 75.0 cm³/mol. The first-order chi connectivity index (χ1) is 8.47. The third-order valence-electron chi connectivity index (χ3n) is 3.85. The molecule has 1 unspecified atom stereocenters. The van der Waals surface area contributed by atoms with Gasteiger partial charge in [-0.25, -0.2) is 0 Å². The molecule has 4 nitrogen and oxygen atoms in total. The molecule has 0 aliphatic heterocycles. The van der Waals surface area contributed by atoms with Crippen molar-refractivity contribution in [3.8, 4) is 0 Å². The first-order valence-electron chi connectivity index (χ1n) is 6.65. The van der Waals surface area contributed by atoms with E-state index < -0.39 is 11.6 Å². The van der Waals surface area contributed by atoms with Gasteiger partial charge in [-0.15, -0.1) is 0 Å². The fourth-order valence-electron chi connectivity index (χ4n) is 2.32. The molecular weight excluding hydrogens is 250 g/mol. The lowest BCUT2D eigenvalue weighted by molar-refractivity contribution is -0.144. The van der Waals surface area contributed by atoms with Crippen LogP contribution in [-0.2, 0) is 4.79 Å². The molecule has 0 saturated heterocycles. The van der Waals surface area contributed by atoms with Gasteiger partial charge in [-0.2, -0.15) is 11.8 Å². The molecule has 0 aromatic rings. The molecule has 0 aromatic heterocycles. The van der Waals surface area contributed by atoms with Crippen LogP contribution in [0.4, 0.5) is 0 Å². The first kappa shape index (κ1) is 15.8. The minimum atomic E-state index is -0.723. The molecule has 106 valence electrons. The molecule has 1 rings (SSSR count). The average molecular weight is 275 g/mol. The Morgan fingerprint density at radius 2 is 2.11 bits per heavy atom. The second-order valence-electron chi connectivity index (χ2n) is 5.35. The highest BCUT2D eigenvalue weighted by molar-refractivity contribution is 7.99. The molecule has 3 N–H and O–H groups in total. The van der Waals surface area contributed by atoms with Crippen molar-refractivity contribution in [2.24, 2.45) is 5.92 Å². The quantitative estimate of drug-likeness (QED) is 0.617. The Bertz CT molecular complexity index is 265. The topological polar surface area (TPSA) is 69.6 Å². The van der Waals surface area contributed by atoms with Gasteiger partial charge in [0, 0.05) is 11.8 Å². The summed E-state index contributed by atoms with van der Waals surface area (Å²) in [5, 5.41) is 23.2. The summed E-state index contributed by atoms with van der Waals surface area (Å²) in [6.45, 7) is 3.69. The Hall–Kier alpha value is -0.260. The minimum Gasteiger partial charge on any atom is -0.481 e. The van der Waals surface area contributed by atoms with E-state index >= 15 is 0 Å². The zero-order chi connectivity index (χ0) is 13.6. The van der Waals surface area contributed by atoms with E-state index in [0.717, 1.165) is 13.0 Å². The molecule has 18 heavy (non-hydrogen) atoms. The molecule has 0 bridgehead atoms. The molecule has 0 radical (unpaired) electrons. The third kappa shape index (κ3) is 5.16. The fraction of sp³-hybridized carbons (Fsp3) is 0.923. The Morgan fingerprint density at radius 1 is 1.50 bits per heavy atom. The van der Waals surface area contributed by atoms with Gasteiger partial charge < -0.3 is 15.5 Å². The highest BCUT2D eigenvalue weighted by Gasteiger charge is 2.35. The number of aliphatic carboxylic acids is 1. The van der Waals surface area contributed by atoms with Gasteiger partial charge in [-0.3, -0.25) is 4.79 Å². The Labute approximate surface area is 114 Å². The SMILES string of the molecule is CSC(C)CCNCC1(O)CCC(C(=O)O)CC1. The van der Waals surface area contributed by atoms with Crippen molar-refractivity contribution in [1.82, 2.24) is 5.32 Å². The lowest BCUT2D eigenvalue weighted by atomic mass is 9.79. The fourth-order valence-corrected chi connectivity index (χ4v) is 2.68. The smallest absolute Gasteiger partial charge is 0.306 e. The molecule has 1 aliphatic carbocycles. The van der Waals surface area contributed by atoms with Crippen molar-refractivity contribution in [2.75, 3.05) is 19.3 Å². The summed E-state index contributed by atoms with van der Waals surface area (Å²) in [4.78, 5) is 10.8. The van der Waals surface area contributed by atoms with Crippen LogP contribution in [0.1, 0.15) is 39.0 Å². The number of aliphatic hydroxyl groups is 1. The van der Waals surface area contributed by atoms with Crippen LogP contribution < -0.4 is 5.32 Å². The molecule has 0 heterocycles. The number of rotatable bonds is 7. The van der Waals surface area contributed by atoms with E-state index in [2.05, 4.69) is 18.5 Å². The van der Waals surface area contributed by atoms with Gasteiger partial charge >= 0.3 is 5.97 Å². The molecule has 1 saturated carbocycles. The summed E-state index contributed by atoms with van der Waals surface area (Å²) < 4.78 is 0. The van der Waals surface area contributed by atoms with Gasteiger partial charge in [0.25, 0.3) is 0 Å². The lowest BCUT2D eigenvalue weighted by Gasteiger charge is -2.35.